The Bertz CT molecular complexity index is 1150. The minimum absolute atomic E-state index is 0.0247. The van der Waals surface area contributed by atoms with Gasteiger partial charge < -0.3 is 18.5 Å². The molecular formula is C23H36N7O6P. The molecule has 2 aromatic heterocycles. The molecule has 0 spiro atoms. The van der Waals surface area contributed by atoms with Crippen LogP contribution in [0.3, 0.4) is 0 Å². The average Bonchev–Trinajstić information content (AvgIpc) is 3.42. The Balaban J connectivity index is 1.88. The van der Waals surface area contributed by atoms with Crippen LogP contribution >= 0.6 is 8.53 Å². The lowest BCUT2D eigenvalue weighted by molar-refractivity contribution is -0.118. The van der Waals surface area contributed by atoms with Gasteiger partial charge in [-0.25, -0.2) is 9.65 Å². The van der Waals surface area contributed by atoms with Crippen molar-refractivity contribution in [2.75, 3.05) is 25.6 Å². The van der Waals surface area contributed by atoms with Crippen molar-refractivity contribution in [1.29, 1.82) is 5.26 Å². The van der Waals surface area contributed by atoms with Crippen LogP contribution < -0.4 is 10.9 Å². The van der Waals surface area contributed by atoms with Gasteiger partial charge in [-0.15, -0.1) is 0 Å². The summed E-state index contributed by atoms with van der Waals surface area (Å²) in [4.78, 5) is 35.9. The zero-order valence-corrected chi connectivity index (χ0v) is 23.2. The fourth-order valence-corrected chi connectivity index (χ4v) is 5.72. The minimum atomic E-state index is -1.52. The van der Waals surface area contributed by atoms with Crippen LogP contribution in [0.4, 0.5) is 5.95 Å². The van der Waals surface area contributed by atoms with Gasteiger partial charge in [0.05, 0.1) is 32.0 Å². The van der Waals surface area contributed by atoms with Gasteiger partial charge in [0.1, 0.15) is 12.2 Å². The third kappa shape index (κ3) is 6.71. The van der Waals surface area contributed by atoms with E-state index in [9.17, 15) is 9.59 Å². The fraction of sp³-hybridized carbons (Fsp3) is 0.696. The third-order valence-corrected chi connectivity index (χ3v) is 7.87. The molecule has 4 unspecified atom stereocenters. The number of carbonyl (C=O) groups excluding carboxylic acids is 1. The van der Waals surface area contributed by atoms with Crippen molar-refractivity contribution < 1.29 is 23.3 Å². The predicted molar refractivity (Wildman–Crippen MR) is 137 cm³/mol. The van der Waals surface area contributed by atoms with Crippen molar-refractivity contribution >= 4 is 31.5 Å². The Morgan fingerprint density at radius 1 is 1.35 bits per heavy atom. The summed E-state index contributed by atoms with van der Waals surface area (Å²) in [5, 5.41) is 11.6. The molecule has 1 fully saturated rings. The van der Waals surface area contributed by atoms with Gasteiger partial charge >= 0.3 is 0 Å². The van der Waals surface area contributed by atoms with Gasteiger partial charge in [0.2, 0.25) is 11.9 Å². The number of nitriles is 1. The second kappa shape index (κ2) is 12.9. The van der Waals surface area contributed by atoms with E-state index in [1.165, 1.54) is 6.33 Å². The summed E-state index contributed by atoms with van der Waals surface area (Å²) in [5.41, 5.74) is -0.131. The van der Waals surface area contributed by atoms with Gasteiger partial charge in [0.15, 0.2) is 17.4 Å². The number of rotatable bonds is 12. The zero-order valence-electron chi connectivity index (χ0n) is 22.3. The molecule has 1 amide bonds. The van der Waals surface area contributed by atoms with Crippen LogP contribution in [-0.4, -0.2) is 74.7 Å². The van der Waals surface area contributed by atoms with Crippen LogP contribution in [0, 0.1) is 17.2 Å². The number of nitrogens with one attached hydrogen (secondary N) is 2. The molecule has 13 nitrogen and oxygen atoms in total. The summed E-state index contributed by atoms with van der Waals surface area (Å²) < 4.78 is 28.1. The Morgan fingerprint density at radius 2 is 2.05 bits per heavy atom. The molecule has 0 aliphatic carbocycles. The first kappa shape index (κ1) is 29.1. The SMILES string of the molecule is COC1C(OP(OCCC#N)N(C(C)C)C(C)C)COC1n1cnc2c(=O)[nH]c(NC(=O)C(C)C)nc21. The lowest BCUT2D eigenvalue weighted by Gasteiger charge is -2.37. The van der Waals surface area contributed by atoms with E-state index in [0.717, 1.165) is 0 Å². The molecule has 3 rings (SSSR count). The summed E-state index contributed by atoms with van der Waals surface area (Å²) in [6, 6.07) is 2.37. The molecule has 0 bridgehead atoms. The fourth-order valence-electron chi connectivity index (χ4n) is 4.01. The summed E-state index contributed by atoms with van der Waals surface area (Å²) in [6.07, 6.45) is -0.0484. The standard InChI is InChI=1S/C23H36N7O6P/c1-13(2)20(31)27-23-26-19-17(21(32)28-23)25-12-29(19)22-18(33-7)16(11-34-22)36-37(35-10-8-9-24)30(14(3)4)15(5)6/h12-16,18,22H,8,10-11H2,1-7H3,(H2,26,27,28,31,32). The van der Waals surface area contributed by atoms with E-state index in [1.54, 1.807) is 25.5 Å². The molecule has 37 heavy (non-hydrogen) atoms. The van der Waals surface area contributed by atoms with Crippen LogP contribution in [0.1, 0.15) is 54.2 Å². The summed E-state index contributed by atoms with van der Waals surface area (Å²) >= 11 is 0. The number of aromatic nitrogens is 4. The van der Waals surface area contributed by atoms with Gasteiger partial charge in [-0.2, -0.15) is 10.2 Å². The number of ether oxygens (including phenoxy) is 2. The average molecular weight is 538 g/mol. The van der Waals surface area contributed by atoms with E-state index in [2.05, 4.69) is 58.7 Å². The first-order chi connectivity index (χ1) is 17.6. The molecule has 1 saturated heterocycles. The monoisotopic (exact) mass is 537 g/mol. The second-order valence-electron chi connectivity index (χ2n) is 9.50. The molecule has 2 N–H and O–H groups in total. The van der Waals surface area contributed by atoms with Gasteiger partial charge in [0, 0.05) is 25.1 Å². The van der Waals surface area contributed by atoms with E-state index in [-0.39, 0.29) is 60.7 Å². The maximum atomic E-state index is 12.6. The van der Waals surface area contributed by atoms with Gasteiger partial charge in [-0.1, -0.05) is 13.8 Å². The Labute approximate surface area is 217 Å². The Kier molecular flexibility index (Phi) is 10.1. The number of H-pyrrole nitrogens is 1. The van der Waals surface area contributed by atoms with Crippen molar-refractivity contribution in [1.82, 2.24) is 24.2 Å². The van der Waals surface area contributed by atoms with Crippen LogP contribution in [0.2, 0.25) is 0 Å². The normalized spacial score (nSPS) is 20.9. The van der Waals surface area contributed by atoms with E-state index in [4.69, 9.17) is 23.8 Å². The summed E-state index contributed by atoms with van der Waals surface area (Å²) in [5.74, 6) is -0.545. The lowest BCUT2D eigenvalue weighted by Crippen LogP contribution is -2.37. The number of imidazole rings is 1. The molecule has 0 radical (unpaired) electrons. The third-order valence-electron chi connectivity index (χ3n) is 5.71. The molecule has 14 heteroatoms. The van der Waals surface area contributed by atoms with Gasteiger partial charge in [0.25, 0.3) is 14.1 Å². The smallest absolute Gasteiger partial charge is 0.280 e. The number of carbonyl (C=O) groups is 1. The molecule has 0 saturated carbocycles. The van der Waals surface area contributed by atoms with Crippen LogP contribution in [0.25, 0.3) is 11.2 Å². The minimum Gasteiger partial charge on any atom is -0.374 e. The van der Waals surface area contributed by atoms with Crippen LogP contribution in [0.5, 0.6) is 0 Å². The van der Waals surface area contributed by atoms with E-state index >= 15 is 0 Å². The molecule has 3 heterocycles. The van der Waals surface area contributed by atoms with E-state index in [1.807, 2.05) is 0 Å². The van der Waals surface area contributed by atoms with Gasteiger partial charge in [-0.3, -0.25) is 24.5 Å². The highest BCUT2D eigenvalue weighted by Crippen LogP contribution is 2.49. The number of methoxy groups -OCH3 is 1. The molecule has 1 aliphatic rings. The van der Waals surface area contributed by atoms with Gasteiger partial charge in [-0.05, 0) is 27.7 Å². The molecule has 4 atom stereocenters. The second-order valence-corrected chi connectivity index (χ2v) is 10.9. The highest BCUT2D eigenvalue weighted by molar-refractivity contribution is 7.44. The number of anilines is 1. The number of fused-ring (bicyclic) bond motifs is 1. The van der Waals surface area contributed by atoms with Crippen LogP contribution in [0.15, 0.2) is 11.1 Å². The number of aromatic amines is 1. The van der Waals surface area contributed by atoms with Crippen molar-refractivity contribution in [3.05, 3.63) is 16.7 Å². The maximum Gasteiger partial charge on any atom is 0.280 e. The molecule has 0 aromatic carbocycles. The zero-order chi connectivity index (χ0) is 27.3. The maximum absolute atomic E-state index is 12.6. The molecular weight excluding hydrogens is 501 g/mol. The number of nitrogens with zero attached hydrogens (tertiary/aromatic N) is 5. The van der Waals surface area contributed by atoms with Crippen molar-refractivity contribution in [2.24, 2.45) is 5.92 Å². The largest absolute Gasteiger partial charge is 0.374 e. The Morgan fingerprint density at radius 3 is 2.65 bits per heavy atom. The van der Waals surface area contributed by atoms with Crippen molar-refractivity contribution in [3.63, 3.8) is 0 Å². The first-order valence-corrected chi connectivity index (χ1v) is 13.4. The summed E-state index contributed by atoms with van der Waals surface area (Å²) in [6.45, 7) is 12.2. The molecule has 204 valence electrons. The first-order valence-electron chi connectivity index (χ1n) is 12.3. The highest BCUT2D eigenvalue weighted by atomic mass is 31.2. The van der Waals surface area contributed by atoms with E-state index in [0.29, 0.717) is 0 Å². The van der Waals surface area contributed by atoms with Crippen LogP contribution in [-0.2, 0) is 23.3 Å². The number of hydrogen-bond acceptors (Lipinski definition) is 10. The quantitative estimate of drug-likeness (QED) is 0.305. The van der Waals surface area contributed by atoms with Crippen molar-refractivity contribution in [2.45, 2.75) is 78.5 Å². The highest BCUT2D eigenvalue weighted by Gasteiger charge is 2.43. The van der Waals surface area contributed by atoms with E-state index < -0.39 is 32.5 Å². The van der Waals surface area contributed by atoms with Crippen molar-refractivity contribution in [3.8, 4) is 6.07 Å². The number of amides is 1. The number of hydrogen-bond donors (Lipinski definition) is 2. The topological polar surface area (TPSA) is 157 Å². The molecule has 2 aromatic rings. The summed E-state index contributed by atoms with van der Waals surface area (Å²) in [7, 11) is 0.0369. The Hall–Kier alpha value is -2.46. The lowest BCUT2D eigenvalue weighted by atomic mass is 10.2. The predicted octanol–water partition coefficient (Wildman–Crippen LogP) is 2.92. The molecule has 1 aliphatic heterocycles.